The molecule has 136 valence electrons. The minimum absolute atomic E-state index is 0.109. The molecule has 0 saturated heterocycles. The van der Waals surface area contributed by atoms with Crippen LogP contribution >= 0.6 is 0 Å². The van der Waals surface area contributed by atoms with Gasteiger partial charge in [0, 0.05) is 18.1 Å². The van der Waals surface area contributed by atoms with Gasteiger partial charge in [-0.1, -0.05) is 18.2 Å². The zero-order chi connectivity index (χ0) is 18.5. The van der Waals surface area contributed by atoms with Gasteiger partial charge >= 0.3 is 6.18 Å². The highest BCUT2D eigenvalue weighted by Gasteiger charge is 2.36. The zero-order valence-electron chi connectivity index (χ0n) is 14.1. The van der Waals surface area contributed by atoms with Gasteiger partial charge in [-0.25, -0.2) is 4.98 Å². The lowest BCUT2D eigenvalue weighted by Crippen LogP contribution is -2.37. The number of anilines is 1. The summed E-state index contributed by atoms with van der Waals surface area (Å²) in [5, 5.41) is 7.16. The van der Waals surface area contributed by atoms with Crippen LogP contribution in [0.15, 0.2) is 36.7 Å². The molecule has 0 radical (unpaired) electrons. The molecule has 26 heavy (non-hydrogen) atoms. The van der Waals surface area contributed by atoms with E-state index in [1.165, 1.54) is 10.8 Å². The van der Waals surface area contributed by atoms with E-state index in [0.717, 1.165) is 11.6 Å². The van der Waals surface area contributed by atoms with Crippen molar-refractivity contribution in [3.63, 3.8) is 0 Å². The fourth-order valence-corrected chi connectivity index (χ4v) is 3.17. The first-order valence-electron chi connectivity index (χ1n) is 8.05. The number of hydrogen-bond donors (Lipinski definition) is 1. The third-order valence-corrected chi connectivity index (χ3v) is 4.24. The molecular formula is C17H16F3N5O. The minimum atomic E-state index is -4.57. The molecular weight excluding hydrogens is 347 g/mol. The van der Waals surface area contributed by atoms with Gasteiger partial charge in [0.25, 0.3) is 5.78 Å². The SMILES string of the molecule is CC1(C)CC(Nc2cc(C(F)(F)F)nc3ncnn23)c2ccccc2O1. The molecule has 1 atom stereocenters. The van der Waals surface area contributed by atoms with Crippen molar-refractivity contribution in [3.8, 4) is 5.75 Å². The second-order valence-corrected chi connectivity index (χ2v) is 6.80. The quantitative estimate of drug-likeness (QED) is 0.749. The van der Waals surface area contributed by atoms with E-state index in [1.54, 1.807) is 0 Å². The number of alkyl halides is 3. The van der Waals surface area contributed by atoms with Crippen molar-refractivity contribution in [2.45, 2.75) is 38.1 Å². The third-order valence-electron chi connectivity index (χ3n) is 4.24. The molecule has 6 nitrogen and oxygen atoms in total. The summed E-state index contributed by atoms with van der Waals surface area (Å²) in [5.74, 6) is 0.778. The number of aromatic nitrogens is 4. The molecule has 0 fully saturated rings. The van der Waals surface area contributed by atoms with Gasteiger partial charge in [-0.05, 0) is 19.9 Å². The van der Waals surface area contributed by atoms with Crippen molar-refractivity contribution in [2.75, 3.05) is 5.32 Å². The molecule has 1 aliphatic rings. The van der Waals surface area contributed by atoms with E-state index in [1.807, 2.05) is 38.1 Å². The number of benzene rings is 1. The average Bonchev–Trinajstić information content (AvgIpc) is 3.01. The standard InChI is InChI=1S/C17H16F3N5O/c1-16(2)8-11(10-5-3-4-6-12(10)26-16)23-14-7-13(17(18,19)20)24-15-21-9-22-25(14)15/h3-7,9,11,23H,8H2,1-2H3. The predicted octanol–water partition coefficient (Wildman–Crippen LogP) is 3.86. The Morgan fingerprint density at radius 3 is 2.81 bits per heavy atom. The van der Waals surface area contributed by atoms with E-state index in [2.05, 4.69) is 20.4 Å². The number of nitrogens with one attached hydrogen (secondary N) is 1. The van der Waals surface area contributed by atoms with Crippen LogP contribution in [0.1, 0.15) is 37.6 Å². The Kier molecular flexibility index (Phi) is 3.57. The lowest BCUT2D eigenvalue weighted by Gasteiger charge is -2.38. The number of para-hydroxylation sites is 1. The number of hydrogen-bond acceptors (Lipinski definition) is 5. The molecule has 2 aromatic heterocycles. The van der Waals surface area contributed by atoms with Crippen molar-refractivity contribution in [3.05, 3.63) is 47.9 Å². The zero-order valence-corrected chi connectivity index (χ0v) is 14.1. The average molecular weight is 363 g/mol. The van der Waals surface area contributed by atoms with Gasteiger partial charge in [0.2, 0.25) is 0 Å². The first-order chi connectivity index (χ1) is 12.2. The smallest absolute Gasteiger partial charge is 0.433 e. The van der Waals surface area contributed by atoms with E-state index in [9.17, 15) is 13.2 Å². The number of nitrogens with zero attached hydrogens (tertiary/aromatic N) is 4. The molecule has 1 unspecified atom stereocenters. The molecule has 0 amide bonds. The first kappa shape index (κ1) is 16.6. The largest absolute Gasteiger partial charge is 0.487 e. The van der Waals surface area contributed by atoms with Gasteiger partial charge in [-0.3, -0.25) is 0 Å². The van der Waals surface area contributed by atoms with E-state index in [-0.39, 0.29) is 17.6 Å². The molecule has 4 rings (SSSR count). The highest BCUT2D eigenvalue weighted by molar-refractivity contribution is 5.50. The van der Waals surface area contributed by atoms with Gasteiger partial charge in [-0.2, -0.15) is 27.8 Å². The van der Waals surface area contributed by atoms with Gasteiger partial charge in [0.15, 0.2) is 5.69 Å². The van der Waals surface area contributed by atoms with Crippen LogP contribution in [0.2, 0.25) is 0 Å². The highest BCUT2D eigenvalue weighted by atomic mass is 19.4. The Morgan fingerprint density at radius 2 is 2.04 bits per heavy atom. The van der Waals surface area contributed by atoms with Crippen molar-refractivity contribution >= 4 is 11.6 Å². The summed E-state index contributed by atoms with van der Waals surface area (Å²) in [5.41, 5.74) is -0.599. The van der Waals surface area contributed by atoms with Crippen LogP contribution in [-0.4, -0.2) is 25.2 Å². The molecule has 3 aromatic rings. The highest BCUT2D eigenvalue weighted by Crippen LogP contribution is 2.41. The molecule has 0 bridgehead atoms. The van der Waals surface area contributed by atoms with Crippen LogP contribution in [-0.2, 0) is 6.18 Å². The summed E-state index contributed by atoms with van der Waals surface area (Å²) in [6.07, 6.45) is -2.82. The monoisotopic (exact) mass is 363 g/mol. The van der Waals surface area contributed by atoms with Crippen LogP contribution in [0.25, 0.3) is 5.78 Å². The normalized spacial score (nSPS) is 19.0. The second kappa shape index (κ2) is 5.58. The minimum Gasteiger partial charge on any atom is -0.487 e. The Balaban J connectivity index is 1.79. The van der Waals surface area contributed by atoms with Crippen LogP contribution in [0.4, 0.5) is 19.0 Å². The van der Waals surface area contributed by atoms with E-state index >= 15 is 0 Å². The third kappa shape index (κ3) is 2.93. The van der Waals surface area contributed by atoms with Crippen LogP contribution in [0, 0.1) is 0 Å². The topological polar surface area (TPSA) is 64.3 Å². The summed E-state index contributed by atoms with van der Waals surface area (Å²) >= 11 is 0. The number of ether oxygens (including phenoxy) is 1. The van der Waals surface area contributed by atoms with Gasteiger partial charge in [0.1, 0.15) is 23.5 Å². The lowest BCUT2D eigenvalue weighted by atomic mass is 9.89. The number of rotatable bonds is 2. The maximum Gasteiger partial charge on any atom is 0.433 e. The Morgan fingerprint density at radius 1 is 1.27 bits per heavy atom. The van der Waals surface area contributed by atoms with Gasteiger partial charge < -0.3 is 10.1 Å². The Labute approximate surface area is 147 Å². The lowest BCUT2D eigenvalue weighted by molar-refractivity contribution is -0.141. The van der Waals surface area contributed by atoms with Crippen LogP contribution < -0.4 is 10.1 Å². The number of halogens is 3. The molecule has 0 aliphatic carbocycles. The molecule has 0 saturated carbocycles. The predicted molar refractivity (Wildman–Crippen MR) is 87.9 cm³/mol. The maximum absolute atomic E-state index is 13.2. The van der Waals surface area contributed by atoms with E-state index in [0.29, 0.717) is 12.2 Å². The van der Waals surface area contributed by atoms with Gasteiger partial charge in [0.05, 0.1) is 6.04 Å². The summed E-state index contributed by atoms with van der Waals surface area (Å²) < 4.78 is 46.8. The number of fused-ring (bicyclic) bond motifs is 2. The summed E-state index contributed by atoms with van der Waals surface area (Å²) in [4.78, 5) is 7.33. The summed E-state index contributed by atoms with van der Waals surface area (Å²) in [6, 6.07) is 8.18. The molecule has 1 aromatic carbocycles. The summed E-state index contributed by atoms with van der Waals surface area (Å²) in [7, 11) is 0. The van der Waals surface area contributed by atoms with Crippen molar-refractivity contribution in [2.24, 2.45) is 0 Å². The molecule has 9 heteroatoms. The second-order valence-electron chi connectivity index (χ2n) is 6.80. The fourth-order valence-electron chi connectivity index (χ4n) is 3.17. The fraction of sp³-hybridized carbons (Fsp3) is 0.353. The van der Waals surface area contributed by atoms with E-state index < -0.39 is 17.5 Å². The maximum atomic E-state index is 13.2. The summed E-state index contributed by atoms with van der Waals surface area (Å²) in [6.45, 7) is 3.88. The molecule has 3 heterocycles. The molecule has 0 spiro atoms. The Hall–Kier alpha value is -2.84. The van der Waals surface area contributed by atoms with Gasteiger partial charge in [-0.15, -0.1) is 0 Å². The van der Waals surface area contributed by atoms with Crippen LogP contribution in [0.3, 0.4) is 0 Å². The molecule has 1 aliphatic heterocycles. The van der Waals surface area contributed by atoms with E-state index in [4.69, 9.17) is 4.74 Å². The Bertz CT molecular complexity index is 966. The van der Waals surface area contributed by atoms with Crippen molar-refractivity contribution < 1.29 is 17.9 Å². The van der Waals surface area contributed by atoms with Crippen LogP contribution in [0.5, 0.6) is 5.75 Å². The molecule has 1 N–H and O–H groups in total. The first-order valence-corrected chi connectivity index (χ1v) is 8.05. The van der Waals surface area contributed by atoms with Crippen molar-refractivity contribution in [1.82, 2.24) is 19.6 Å². The van der Waals surface area contributed by atoms with Crippen molar-refractivity contribution in [1.29, 1.82) is 0 Å².